The maximum absolute atomic E-state index is 13.3. The van der Waals surface area contributed by atoms with E-state index in [1.165, 1.54) is 13.0 Å². The van der Waals surface area contributed by atoms with Crippen molar-refractivity contribution in [2.75, 3.05) is 18.4 Å². The van der Waals surface area contributed by atoms with Gasteiger partial charge in [0, 0.05) is 10.8 Å². The van der Waals surface area contributed by atoms with E-state index in [-0.39, 0.29) is 11.7 Å². The van der Waals surface area contributed by atoms with Gasteiger partial charge in [0.05, 0.1) is 17.3 Å². The zero-order valence-corrected chi connectivity index (χ0v) is 18.4. The lowest BCUT2D eigenvalue weighted by atomic mass is 9.97. The fourth-order valence-electron chi connectivity index (χ4n) is 4.27. The van der Waals surface area contributed by atoms with E-state index in [1.54, 1.807) is 6.07 Å². The van der Waals surface area contributed by atoms with Crippen molar-refractivity contribution in [1.82, 2.24) is 15.5 Å². The summed E-state index contributed by atoms with van der Waals surface area (Å²) in [6.45, 7) is 7.07. The Morgan fingerprint density at radius 3 is 2.53 bits per heavy atom. The SMILES string of the molecule is Cc1c(C(C)Nc2nnc(C)c3ccc(OC4CCNCC4)cc23)cccc1C(F)(F)F. The number of hydrogen-bond acceptors (Lipinski definition) is 5. The molecule has 0 radical (unpaired) electrons. The molecule has 1 saturated heterocycles. The van der Waals surface area contributed by atoms with Crippen LogP contribution < -0.4 is 15.4 Å². The van der Waals surface area contributed by atoms with Crippen molar-refractivity contribution in [3.8, 4) is 5.75 Å². The smallest absolute Gasteiger partial charge is 0.416 e. The average molecular weight is 445 g/mol. The Bertz CT molecular complexity index is 1110. The number of piperidine rings is 1. The molecule has 32 heavy (non-hydrogen) atoms. The molecule has 1 aliphatic heterocycles. The molecule has 2 heterocycles. The molecule has 2 aromatic carbocycles. The number of rotatable bonds is 5. The minimum Gasteiger partial charge on any atom is -0.490 e. The summed E-state index contributed by atoms with van der Waals surface area (Å²) in [6.07, 6.45) is -2.34. The fraction of sp³-hybridized carbons (Fsp3) is 0.417. The Kier molecular flexibility index (Phi) is 6.24. The second-order valence-electron chi connectivity index (χ2n) is 8.29. The first-order valence-electron chi connectivity index (χ1n) is 10.8. The number of aromatic nitrogens is 2. The number of nitrogens with one attached hydrogen (secondary N) is 2. The van der Waals surface area contributed by atoms with Gasteiger partial charge in [-0.05, 0) is 82.1 Å². The summed E-state index contributed by atoms with van der Waals surface area (Å²) < 4.78 is 46.2. The number of halogens is 3. The number of hydrogen-bond donors (Lipinski definition) is 2. The molecule has 4 rings (SSSR count). The lowest BCUT2D eigenvalue weighted by Crippen LogP contribution is -2.34. The van der Waals surface area contributed by atoms with Crippen LogP contribution in [0, 0.1) is 13.8 Å². The van der Waals surface area contributed by atoms with Crippen molar-refractivity contribution in [3.63, 3.8) is 0 Å². The summed E-state index contributed by atoms with van der Waals surface area (Å²) in [5, 5.41) is 16.9. The van der Waals surface area contributed by atoms with E-state index in [2.05, 4.69) is 20.8 Å². The Morgan fingerprint density at radius 1 is 1.06 bits per heavy atom. The molecule has 0 spiro atoms. The number of alkyl halides is 3. The molecule has 1 atom stereocenters. The van der Waals surface area contributed by atoms with Gasteiger partial charge in [-0.15, -0.1) is 5.10 Å². The molecule has 0 saturated carbocycles. The van der Waals surface area contributed by atoms with Gasteiger partial charge in [0.1, 0.15) is 11.9 Å². The van der Waals surface area contributed by atoms with Crippen molar-refractivity contribution in [1.29, 1.82) is 0 Å². The molecule has 3 aromatic rings. The third-order valence-corrected chi connectivity index (χ3v) is 6.03. The van der Waals surface area contributed by atoms with Crippen LogP contribution in [0.2, 0.25) is 0 Å². The highest BCUT2D eigenvalue weighted by molar-refractivity contribution is 5.94. The van der Waals surface area contributed by atoms with E-state index in [9.17, 15) is 13.2 Å². The monoisotopic (exact) mass is 444 g/mol. The van der Waals surface area contributed by atoms with E-state index in [0.29, 0.717) is 11.4 Å². The summed E-state index contributed by atoms with van der Waals surface area (Å²) in [5.74, 6) is 1.27. The highest BCUT2D eigenvalue weighted by atomic mass is 19.4. The zero-order chi connectivity index (χ0) is 22.9. The van der Waals surface area contributed by atoms with Crippen LogP contribution >= 0.6 is 0 Å². The molecule has 1 fully saturated rings. The van der Waals surface area contributed by atoms with E-state index in [1.807, 2.05) is 32.0 Å². The van der Waals surface area contributed by atoms with Crippen molar-refractivity contribution in [3.05, 3.63) is 58.8 Å². The number of ether oxygens (including phenoxy) is 1. The quantitative estimate of drug-likeness (QED) is 0.539. The highest BCUT2D eigenvalue weighted by Crippen LogP contribution is 2.36. The van der Waals surface area contributed by atoms with Gasteiger partial charge < -0.3 is 15.4 Å². The lowest BCUT2D eigenvalue weighted by Gasteiger charge is -2.24. The molecule has 0 amide bonds. The summed E-state index contributed by atoms with van der Waals surface area (Å²) >= 11 is 0. The summed E-state index contributed by atoms with van der Waals surface area (Å²) in [5.41, 5.74) is 0.930. The van der Waals surface area contributed by atoms with Gasteiger partial charge in [-0.1, -0.05) is 12.1 Å². The Labute approximate surface area is 185 Å². The van der Waals surface area contributed by atoms with Gasteiger partial charge >= 0.3 is 6.18 Å². The van der Waals surface area contributed by atoms with Crippen LogP contribution in [0.1, 0.15) is 48.2 Å². The summed E-state index contributed by atoms with van der Waals surface area (Å²) in [7, 11) is 0. The van der Waals surface area contributed by atoms with Gasteiger partial charge in [0.25, 0.3) is 0 Å². The molecule has 1 unspecified atom stereocenters. The highest BCUT2D eigenvalue weighted by Gasteiger charge is 2.33. The predicted molar refractivity (Wildman–Crippen MR) is 119 cm³/mol. The first-order valence-corrected chi connectivity index (χ1v) is 10.8. The Hall–Kier alpha value is -2.87. The number of nitrogens with zero attached hydrogens (tertiary/aromatic N) is 2. The van der Waals surface area contributed by atoms with Crippen molar-refractivity contribution < 1.29 is 17.9 Å². The largest absolute Gasteiger partial charge is 0.490 e. The van der Waals surface area contributed by atoms with Crippen molar-refractivity contribution in [2.24, 2.45) is 0 Å². The molecule has 0 aliphatic carbocycles. The first kappa shape index (κ1) is 22.3. The summed E-state index contributed by atoms with van der Waals surface area (Å²) in [6, 6.07) is 9.69. The second kappa shape index (κ2) is 8.94. The number of fused-ring (bicyclic) bond motifs is 1. The number of anilines is 1. The molecular weight excluding hydrogens is 417 g/mol. The van der Waals surface area contributed by atoms with Crippen LogP contribution in [0.4, 0.5) is 19.0 Å². The topological polar surface area (TPSA) is 59.1 Å². The van der Waals surface area contributed by atoms with Crippen LogP contribution in [-0.2, 0) is 6.18 Å². The Morgan fingerprint density at radius 2 is 1.81 bits per heavy atom. The van der Waals surface area contributed by atoms with Crippen LogP contribution in [0.15, 0.2) is 36.4 Å². The van der Waals surface area contributed by atoms with Gasteiger partial charge in [-0.3, -0.25) is 0 Å². The number of aryl methyl sites for hydroxylation is 1. The van der Waals surface area contributed by atoms with E-state index < -0.39 is 17.8 Å². The lowest BCUT2D eigenvalue weighted by molar-refractivity contribution is -0.138. The third kappa shape index (κ3) is 4.65. The van der Waals surface area contributed by atoms with Gasteiger partial charge in [-0.25, -0.2) is 0 Å². The Balaban J connectivity index is 1.65. The molecule has 2 N–H and O–H groups in total. The van der Waals surface area contributed by atoms with E-state index >= 15 is 0 Å². The number of benzene rings is 2. The zero-order valence-electron chi connectivity index (χ0n) is 18.4. The first-order chi connectivity index (χ1) is 15.2. The second-order valence-corrected chi connectivity index (χ2v) is 8.29. The third-order valence-electron chi connectivity index (χ3n) is 6.03. The maximum Gasteiger partial charge on any atom is 0.416 e. The minimum absolute atomic E-state index is 0.160. The fourth-order valence-corrected chi connectivity index (χ4v) is 4.27. The molecule has 1 aliphatic rings. The molecule has 0 bridgehead atoms. The molecule has 8 heteroatoms. The van der Waals surface area contributed by atoms with Crippen LogP contribution in [0.25, 0.3) is 10.8 Å². The average Bonchev–Trinajstić information content (AvgIpc) is 2.76. The summed E-state index contributed by atoms with van der Waals surface area (Å²) in [4.78, 5) is 0. The molecule has 1 aromatic heterocycles. The van der Waals surface area contributed by atoms with Crippen molar-refractivity contribution in [2.45, 2.75) is 51.9 Å². The predicted octanol–water partition coefficient (Wildman–Crippen LogP) is 5.57. The molecule has 170 valence electrons. The van der Waals surface area contributed by atoms with Crippen LogP contribution in [0.3, 0.4) is 0 Å². The van der Waals surface area contributed by atoms with E-state index in [0.717, 1.165) is 54.2 Å². The van der Waals surface area contributed by atoms with E-state index in [4.69, 9.17) is 4.74 Å². The van der Waals surface area contributed by atoms with Crippen LogP contribution in [0.5, 0.6) is 5.75 Å². The van der Waals surface area contributed by atoms with Crippen molar-refractivity contribution >= 4 is 16.6 Å². The molecule has 5 nitrogen and oxygen atoms in total. The van der Waals surface area contributed by atoms with Gasteiger partial charge in [-0.2, -0.15) is 18.3 Å². The van der Waals surface area contributed by atoms with Gasteiger partial charge in [0.15, 0.2) is 5.82 Å². The normalized spacial score (nSPS) is 16.2. The standard InChI is InChI=1S/C24H27F3N4O/c1-14-19(5-4-6-22(14)24(25,26)27)15(2)29-23-21-13-18(32-17-9-11-28-12-10-17)7-8-20(21)16(3)30-31-23/h4-8,13,15,17,28H,9-12H2,1-3H3,(H,29,31). The maximum atomic E-state index is 13.3. The van der Waals surface area contributed by atoms with Crippen LogP contribution in [-0.4, -0.2) is 29.4 Å². The minimum atomic E-state index is -4.39. The molecular formula is C24H27F3N4O. The van der Waals surface area contributed by atoms with Gasteiger partial charge in [0.2, 0.25) is 0 Å².